The van der Waals surface area contributed by atoms with Crippen LogP contribution >= 0.6 is 27.3 Å². The Labute approximate surface area is 122 Å². The van der Waals surface area contributed by atoms with Crippen molar-refractivity contribution < 1.29 is 4.52 Å². The Kier molecular flexibility index (Phi) is 3.12. The Bertz CT molecular complexity index is 735. The number of nitrogens with zero attached hydrogens (tertiary/aromatic N) is 2. The summed E-state index contributed by atoms with van der Waals surface area (Å²) in [4.78, 5) is 4.41. The minimum absolute atomic E-state index is 0.455. The zero-order valence-corrected chi connectivity index (χ0v) is 12.5. The number of hydrogen-bond donors (Lipinski definition) is 1. The second kappa shape index (κ2) is 4.79. The molecule has 96 valence electrons. The standard InChI is InChI=1S/C13H10BrN3OS/c1-7-6-8(14)2-3-9(7)12-16-13(18-17-12)10-4-5-19-11(10)15/h2-6H,15H2,1H3. The van der Waals surface area contributed by atoms with Crippen LogP contribution in [0.1, 0.15) is 5.56 Å². The smallest absolute Gasteiger partial charge is 0.261 e. The number of thiophene rings is 1. The highest BCUT2D eigenvalue weighted by atomic mass is 79.9. The Hall–Kier alpha value is -1.66. The van der Waals surface area contributed by atoms with Crippen molar-refractivity contribution in [2.75, 3.05) is 5.73 Å². The van der Waals surface area contributed by atoms with E-state index in [4.69, 9.17) is 10.3 Å². The molecule has 3 rings (SSSR count). The van der Waals surface area contributed by atoms with E-state index in [0.29, 0.717) is 16.7 Å². The van der Waals surface area contributed by atoms with E-state index in [2.05, 4.69) is 26.1 Å². The second-order valence-electron chi connectivity index (χ2n) is 4.08. The SMILES string of the molecule is Cc1cc(Br)ccc1-c1noc(-c2ccsc2N)n1. The Morgan fingerprint density at radius 2 is 2.11 bits per heavy atom. The molecule has 0 amide bonds. The topological polar surface area (TPSA) is 64.9 Å². The van der Waals surface area contributed by atoms with Crippen molar-refractivity contribution in [2.45, 2.75) is 6.92 Å². The normalized spacial score (nSPS) is 10.8. The van der Waals surface area contributed by atoms with E-state index in [0.717, 1.165) is 21.2 Å². The molecular weight excluding hydrogens is 326 g/mol. The summed E-state index contributed by atoms with van der Waals surface area (Å²) in [7, 11) is 0. The van der Waals surface area contributed by atoms with Crippen LogP contribution in [0.25, 0.3) is 22.8 Å². The average Bonchev–Trinajstić information content (AvgIpc) is 2.97. The molecule has 0 spiro atoms. The molecule has 2 aromatic heterocycles. The number of hydrogen-bond acceptors (Lipinski definition) is 5. The van der Waals surface area contributed by atoms with Gasteiger partial charge in [-0.2, -0.15) is 4.98 Å². The molecule has 0 saturated carbocycles. The van der Waals surface area contributed by atoms with E-state index in [9.17, 15) is 0 Å². The van der Waals surface area contributed by atoms with Crippen LogP contribution in [0.2, 0.25) is 0 Å². The van der Waals surface area contributed by atoms with Crippen molar-refractivity contribution in [3.05, 3.63) is 39.7 Å². The van der Waals surface area contributed by atoms with E-state index in [1.165, 1.54) is 11.3 Å². The first-order valence-corrected chi connectivity index (χ1v) is 7.26. The number of nitrogens with two attached hydrogens (primary N) is 1. The maximum absolute atomic E-state index is 5.85. The Balaban J connectivity index is 2.04. The van der Waals surface area contributed by atoms with Crippen molar-refractivity contribution in [2.24, 2.45) is 0 Å². The first-order chi connectivity index (χ1) is 9.15. The van der Waals surface area contributed by atoms with Gasteiger partial charge in [0.25, 0.3) is 5.89 Å². The fourth-order valence-corrected chi connectivity index (χ4v) is 2.93. The minimum Gasteiger partial charge on any atom is -0.390 e. The van der Waals surface area contributed by atoms with Crippen LogP contribution in [-0.2, 0) is 0 Å². The molecule has 3 aromatic rings. The number of rotatable bonds is 2. The predicted octanol–water partition coefficient (Wildman–Crippen LogP) is 4.12. The average molecular weight is 336 g/mol. The van der Waals surface area contributed by atoms with E-state index in [1.54, 1.807) is 0 Å². The predicted molar refractivity (Wildman–Crippen MR) is 79.9 cm³/mol. The number of nitrogen functional groups attached to an aromatic ring is 1. The lowest BCUT2D eigenvalue weighted by atomic mass is 10.1. The number of anilines is 1. The van der Waals surface area contributed by atoms with Gasteiger partial charge in [-0.05, 0) is 42.1 Å². The zero-order chi connectivity index (χ0) is 13.4. The Morgan fingerprint density at radius 3 is 2.79 bits per heavy atom. The quantitative estimate of drug-likeness (QED) is 0.765. The first-order valence-electron chi connectivity index (χ1n) is 5.59. The molecule has 1 aromatic carbocycles. The first kappa shape index (κ1) is 12.4. The van der Waals surface area contributed by atoms with Gasteiger partial charge in [0.15, 0.2) is 0 Å². The molecule has 0 radical (unpaired) electrons. The molecule has 0 fully saturated rings. The van der Waals surface area contributed by atoms with E-state index < -0.39 is 0 Å². The van der Waals surface area contributed by atoms with Gasteiger partial charge >= 0.3 is 0 Å². The van der Waals surface area contributed by atoms with Crippen LogP contribution in [0.15, 0.2) is 38.6 Å². The molecule has 2 heterocycles. The van der Waals surface area contributed by atoms with Gasteiger partial charge in [0, 0.05) is 10.0 Å². The van der Waals surface area contributed by atoms with E-state index in [1.807, 2.05) is 36.6 Å². The summed E-state index contributed by atoms with van der Waals surface area (Å²) in [5, 5.41) is 6.61. The molecule has 0 atom stereocenters. The van der Waals surface area contributed by atoms with Gasteiger partial charge in [-0.1, -0.05) is 21.1 Å². The summed E-state index contributed by atoms with van der Waals surface area (Å²) >= 11 is 4.89. The molecule has 0 aliphatic carbocycles. The van der Waals surface area contributed by atoms with Gasteiger partial charge in [-0.25, -0.2) is 0 Å². The van der Waals surface area contributed by atoms with Crippen LogP contribution in [0.3, 0.4) is 0 Å². The van der Waals surface area contributed by atoms with Crippen LogP contribution in [0.4, 0.5) is 5.00 Å². The van der Waals surface area contributed by atoms with Crippen molar-refractivity contribution >= 4 is 32.3 Å². The molecule has 19 heavy (non-hydrogen) atoms. The Morgan fingerprint density at radius 1 is 1.26 bits per heavy atom. The van der Waals surface area contributed by atoms with Gasteiger partial charge in [-0.3, -0.25) is 0 Å². The summed E-state index contributed by atoms with van der Waals surface area (Å²) < 4.78 is 6.31. The second-order valence-corrected chi connectivity index (χ2v) is 5.94. The molecule has 6 heteroatoms. The third kappa shape index (κ3) is 2.29. The molecule has 0 unspecified atom stereocenters. The molecule has 4 nitrogen and oxygen atoms in total. The molecule has 2 N–H and O–H groups in total. The largest absolute Gasteiger partial charge is 0.390 e. The number of benzene rings is 1. The summed E-state index contributed by atoms with van der Waals surface area (Å²) in [6.07, 6.45) is 0. The van der Waals surface area contributed by atoms with Gasteiger partial charge < -0.3 is 10.3 Å². The number of aromatic nitrogens is 2. The van der Waals surface area contributed by atoms with Gasteiger partial charge in [-0.15, -0.1) is 11.3 Å². The number of aryl methyl sites for hydroxylation is 1. The van der Waals surface area contributed by atoms with Crippen LogP contribution in [0, 0.1) is 6.92 Å². The highest BCUT2D eigenvalue weighted by molar-refractivity contribution is 9.10. The van der Waals surface area contributed by atoms with E-state index >= 15 is 0 Å². The number of halogens is 1. The summed E-state index contributed by atoms with van der Waals surface area (Å²) in [5.41, 5.74) is 8.68. The highest BCUT2D eigenvalue weighted by Gasteiger charge is 2.14. The summed E-state index contributed by atoms with van der Waals surface area (Å²) in [6, 6.07) is 7.82. The minimum atomic E-state index is 0.455. The van der Waals surface area contributed by atoms with Gasteiger partial charge in [0.05, 0.1) is 10.6 Å². The lowest BCUT2D eigenvalue weighted by molar-refractivity contribution is 0.432. The lowest BCUT2D eigenvalue weighted by Crippen LogP contribution is -1.86. The van der Waals surface area contributed by atoms with Gasteiger partial charge in [0.1, 0.15) is 0 Å². The van der Waals surface area contributed by atoms with Crippen molar-refractivity contribution in [3.63, 3.8) is 0 Å². The highest BCUT2D eigenvalue weighted by Crippen LogP contribution is 2.31. The maximum atomic E-state index is 5.85. The zero-order valence-electron chi connectivity index (χ0n) is 10.1. The van der Waals surface area contributed by atoms with E-state index in [-0.39, 0.29) is 0 Å². The monoisotopic (exact) mass is 335 g/mol. The van der Waals surface area contributed by atoms with Crippen LogP contribution in [0.5, 0.6) is 0 Å². The fraction of sp³-hybridized carbons (Fsp3) is 0.0769. The van der Waals surface area contributed by atoms with Crippen molar-refractivity contribution in [1.82, 2.24) is 10.1 Å². The molecule has 0 saturated heterocycles. The van der Waals surface area contributed by atoms with Crippen molar-refractivity contribution in [3.8, 4) is 22.8 Å². The van der Waals surface area contributed by atoms with Crippen LogP contribution < -0.4 is 5.73 Å². The maximum Gasteiger partial charge on any atom is 0.261 e. The van der Waals surface area contributed by atoms with Gasteiger partial charge in [0.2, 0.25) is 5.82 Å². The molecule has 0 aliphatic heterocycles. The molecule has 0 aliphatic rings. The lowest BCUT2D eigenvalue weighted by Gasteiger charge is -2.00. The molecule has 0 bridgehead atoms. The van der Waals surface area contributed by atoms with Crippen molar-refractivity contribution in [1.29, 1.82) is 0 Å². The third-order valence-corrected chi connectivity index (χ3v) is 4.02. The summed E-state index contributed by atoms with van der Waals surface area (Å²) in [5.74, 6) is 1.03. The third-order valence-electron chi connectivity index (χ3n) is 2.78. The molecular formula is C13H10BrN3OS. The summed E-state index contributed by atoms with van der Waals surface area (Å²) in [6.45, 7) is 2.01. The van der Waals surface area contributed by atoms with Crippen LogP contribution in [-0.4, -0.2) is 10.1 Å². The fourth-order valence-electron chi connectivity index (χ4n) is 1.82.